The lowest BCUT2D eigenvalue weighted by Gasteiger charge is -2.01. The molecule has 0 radical (unpaired) electrons. The molecule has 5 nitrogen and oxygen atoms in total. The second-order valence-electron chi connectivity index (χ2n) is 3.90. The fourth-order valence-electron chi connectivity index (χ4n) is 1.35. The first-order valence-electron chi connectivity index (χ1n) is 5.93. The average molecular weight is 329 g/mol. The van der Waals surface area contributed by atoms with Gasteiger partial charge in [0.1, 0.15) is 5.82 Å². The summed E-state index contributed by atoms with van der Waals surface area (Å²) < 4.78 is 17.7. The van der Waals surface area contributed by atoms with E-state index in [4.69, 9.17) is 16.3 Å². The number of esters is 1. The first-order chi connectivity index (χ1) is 9.99. The van der Waals surface area contributed by atoms with E-state index >= 15 is 0 Å². The van der Waals surface area contributed by atoms with Crippen molar-refractivity contribution in [3.63, 3.8) is 0 Å². The summed E-state index contributed by atoms with van der Waals surface area (Å²) in [6, 6.07) is 5.63. The van der Waals surface area contributed by atoms with Gasteiger partial charge < -0.3 is 10.1 Å². The summed E-state index contributed by atoms with van der Waals surface area (Å²) in [7, 11) is 0. The van der Waals surface area contributed by atoms with Crippen LogP contribution in [-0.2, 0) is 9.59 Å². The Hall–Kier alpha value is -1.99. The van der Waals surface area contributed by atoms with Gasteiger partial charge in [0.25, 0.3) is 0 Å². The molecule has 1 heterocycles. The summed E-state index contributed by atoms with van der Waals surface area (Å²) in [6.07, 6.45) is 0.0515. The Balaban J connectivity index is 2.10. The molecule has 0 saturated heterocycles. The number of carbonyl (C=O) groups excluding carboxylic acids is 2. The Morgan fingerprint density at radius 1 is 1.38 bits per heavy atom. The fraction of sp³-hybridized carbons (Fsp3) is 0.154. The van der Waals surface area contributed by atoms with Crippen LogP contribution in [0, 0.1) is 5.82 Å². The Kier molecular flexibility index (Phi) is 4.87. The molecular weight excluding hydrogens is 319 g/mol. The lowest BCUT2D eigenvalue weighted by molar-refractivity contribution is -0.146. The molecule has 1 N–H and O–H groups in total. The van der Waals surface area contributed by atoms with Crippen molar-refractivity contribution in [3.8, 4) is 5.06 Å². The second-order valence-corrected chi connectivity index (χ2v) is 5.22. The first-order valence-corrected chi connectivity index (χ1v) is 7.13. The van der Waals surface area contributed by atoms with Crippen molar-refractivity contribution in [1.82, 2.24) is 4.98 Å². The molecule has 21 heavy (non-hydrogen) atoms. The number of hydrogen-bond donors (Lipinski definition) is 1. The van der Waals surface area contributed by atoms with Gasteiger partial charge in [-0.3, -0.25) is 4.79 Å². The van der Waals surface area contributed by atoms with E-state index in [-0.39, 0.29) is 22.5 Å². The van der Waals surface area contributed by atoms with Gasteiger partial charge in [-0.1, -0.05) is 29.9 Å². The number of carbonyl (C=O) groups is 2. The number of anilines is 2. The predicted molar refractivity (Wildman–Crippen MR) is 77.7 cm³/mol. The zero-order valence-electron chi connectivity index (χ0n) is 10.9. The van der Waals surface area contributed by atoms with Gasteiger partial charge >= 0.3 is 5.97 Å². The molecule has 0 fully saturated rings. The van der Waals surface area contributed by atoms with Gasteiger partial charge in [0, 0.05) is 12.1 Å². The lowest BCUT2D eigenvalue weighted by Crippen LogP contribution is -2.18. The van der Waals surface area contributed by atoms with E-state index < -0.39 is 11.8 Å². The number of thiazole rings is 1. The van der Waals surface area contributed by atoms with Gasteiger partial charge in [0.05, 0.1) is 0 Å². The molecule has 0 atom stereocenters. The third kappa shape index (κ3) is 3.99. The Morgan fingerprint density at radius 3 is 2.67 bits per heavy atom. The third-order valence-electron chi connectivity index (χ3n) is 2.39. The normalized spacial score (nSPS) is 10.2. The number of Topliss-reactive ketones (excluding diaryl/α,β-unsaturated/α-hetero) is 1. The summed E-state index contributed by atoms with van der Waals surface area (Å²) in [4.78, 5) is 26.5. The van der Waals surface area contributed by atoms with E-state index in [2.05, 4.69) is 10.3 Å². The van der Waals surface area contributed by atoms with E-state index in [9.17, 15) is 14.0 Å². The smallest absolute Gasteiger partial charge is 0.380 e. The molecule has 2 aromatic rings. The van der Waals surface area contributed by atoms with Gasteiger partial charge in [0.2, 0.25) is 10.8 Å². The second kappa shape index (κ2) is 6.64. The van der Waals surface area contributed by atoms with E-state index in [0.29, 0.717) is 10.8 Å². The summed E-state index contributed by atoms with van der Waals surface area (Å²) in [6.45, 7) is 1.55. The van der Waals surface area contributed by atoms with Crippen LogP contribution in [0.15, 0.2) is 24.3 Å². The van der Waals surface area contributed by atoms with Crippen molar-refractivity contribution in [3.05, 3.63) is 35.2 Å². The number of nitrogens with one attached hydrogen (secondary N) is 1. The molecule has 2 rings (SSSR count). The highest BCUT2D eigenvalue weighted by Crippen LogP contribution is 2.36. The molecule has 1 aromatic heterocycles. The van der Waals surface area contributed by atoms with Crippen LogP contribution in [0.3, 0.4) is 0 Å². The standard InChI is InChI=1S/C13H10ClFN2O3S/c1-2-9(18)11(19)20-12-10(14)17-13(21-12)16-8-5-3-7(15)4-6-8/h3-6H,2H2,1H3,(H,16,17). The minimum Gasteiger partial charge on any atom is -0.406 e. The molecule has 0 amide bonds. The maximum absolute atomic E-state index is 12.8. The molecule has 8 heteroatoms. The SMILES string of the molecule is CCC(=O)C(=O)Oc1sc(Nc2ccc(F)cc2)nc1Cl. The van der Waals surface area contributed by atoms with Crippen LogP contribution < -0.4 is 10.1 Å². The van der Waals surface area contributed by atoms with Gasteiger partial charge in [0.15, 0.2) is 10.3 Å². The Labute approximate surface area is 128 Å². The van der Waals surface area contributed by atoms with Crippen LogP contribution in [0.4, 0.5) is 15.2 Å². The zero-order chi connectivity index (χ0) is 15.4. The zero-order valence-corrected chi connectivity index (χ0v) is 12.4. The Morgan fingerprint density at radius 2 is 2.05 bits per heavy atom. The lowest BCUT2D eigenvalue weighted by atomic mass is 10.3. The molecule has 0 spiro atoms. The van der Waals surface area contributed by atoms with Gasteiger partial charge in [-0.05, 0) is 24.3 Å². The number of benzene rings is 1. The molecule has 0 bridgehead atoms. The van der Waals surface area contributed by atoms with Gasteiger partial charge in [-0.2, -0.15) is 0 Å². The third-order valence-corrected chi connectivity index (χ3v) is 3.60. The highest BCUT2D eigenvalue weighted by Gasteiger charge is 2.19. The number of halogens is 2. The number of rotatable bonds is 5. The number of hydrogen-bond acceptors (Lipinski definition) is 6. The van der Waals surface area contributed by atoms with Crippen molar-refractivity contribution in [1.29, 1.82) is 0 Å². The van der Waals surface area contributed by atoms with Gasteiger partial charge in [-0.15, -0.1) is 0 Å². The largest absolute Gasteiger partial charge is 0.406 e. The number of ether oxygens (including phenoxy) is 1. The topological polar surface area (TPSA) is 68.3 Å². The molecule has 0 saturated carbocycles. The molecule has 0 aliphatic heterocycles. The van der Waals surface area contributed by atoms with E-state index in [1.54, 1.807) is 6.92 Å². The molecule has 0 aliphatic rings. The van der Waals surface area contributed by atoms with Crippen LogP contribution in [0.5, 0.6) is 5.06 Å². The van der Waals surface area contributed by atoms with E-state index in [0.717, 1.165) is 11.3 Å². The Bertz CT molecular complexity index is 673. The van der Waals surface area contributed by atoms with E-state index in [1.165, 1.54) is 24.3 Å². The van der Waals surface area contributed by atoms with Crippen molar-refractivity contribution in [2.45, 2.75) is 13.3 Å². The maximum atomic E-state index is 12.8. The van der Waals surface area contributed by atoms with Gasteiger partial charge in [-0.25, -0.2) is 14.2 Å². The molecule has 1 aromatic carbocycles. The fourth-order valence-corrected chi connectivity index (χ4v) is 2.36. The van der Waals surface area contributed by atoms with Crippen LogP contribution in [0.1, 0.15) is 13.3 Å². The average Bonchev–Trinajstić information content (AvgIpc) is 2.80. The molecular formula is C13H10ClFN2O3S. The number of nitrogens with zero attached hydrogens (tertiary/aromatic N) is 1. The van der Waals surface area contributed by atoms with Crippen molar-refractivity contribution in [2.24, 2.45) is 0 Å². The summed E-state index contributed by atoms with van der Waals surface area (Å²) in [5, 5.41) is 3.26. The number of aromatic nitrogens is 1. The van der Waals surface area contributed by atoms with Crippen LogP contribution >= 0.6 is 22.9 Å². The minimum absolute atomic E-state index is 0.0261. The highest BCUT2D eigenvalue weighted by molar-refractivity contribution is 7.18. The highest BCUT2D eigenvalue weighted by atomic mass is 35.5. The summed E-state index contributed by atoms with van der Waals surface area (Å²) >= 11 is 6.81. The monoisotopic (exact) mass is 328 g/mol. The molecule has 0 unspecified atom stereocenters. The van der Waals surface area contributed by atoms with Crippen LogP contribution in [-0.4, -0.2) is 16.7 Å². The van der Waals surface area contributed by atoms with Crippen molar-refractivity contribution >= 4 is 45.5 Å². The molecule has 0 aliphatic carbocycles. The van der Waals surface area contributed by atoms with Crippen LogP contribution in [0.25, 0.3) is 0 Å². The first kappa shape index (κ1) is 15.4. The molecule has 110 valence electrons. The minimum atomic E-state index is -0.976. The maximum Gasteiger partial charge on any atom is 0.380 e. The van der Waals surface area contributed by atoms with E-state index in [1.807, 2.05) is 0 Å². The van der Waals surface area contributed by atoms with Crippen molar-refractivity contribution < 1.29 is 18.7 Å². The number of ketones is 1. The predicted octanol–water partition coefficient (Wildman–Crippen LogP) is 3.56. The quantitative estimate of drug-likeness (QED) is 0.671. The van der Waals surface area contributed by atoms with Crippen molar-refractivity contribution in [2.75, 3.05) is 5.32 Å². The summed E-state index contributed by atoms with van der Waals surface area (Å²) in [5.41, 5.74) is 0.601. The van der Waals surface area contributed by atoms with Crippen LogP contribution in [0.2, 0.25) is 5.15 Å². The summed E-state index contributed by atoms with van der Waals surface area (Å²) in [5.74, 6) is -1.98.